The van der Waals surface area contributed by atoms with Crippen LogP contribution >= 0.6 is 15.9 Å². The molecule has 0 amide bonds. The molecule has 0 aliphatic heterocycles. The minimum Gasteiger partial charge on any atom is -0.307 e. The Balaban J connectivity index is 2.07. The summed E-state index contributed by atoms with van der Waals surface area (Å²) in [5, 5.41) is 8.21. The SMILES string of the molecule is CCc1nn(C)c(CNC2C(C)(C)C2(C)C)c1Br. The van der Waals surface area contributed by atoms with E-state index < -0.39 is 0 Å². The molecule has 0 saturated heterocycles. The molecule has 1 fully saturated rings. The van der Waals surface area contributed by atoms with Gasteiger partial charge >= 0.3 is 0 Å². The van der Waals surface area contributed by atoms with Gasteiger partial charge in [0, 0.05) is 19.6 Å². The summed E-state index contributed by atoms with van der Waals surface area (Å²) in [6, 6.07) is 0.580. The number of aryl methyl sites for hydroxylation is 2. The first-order valence-corrected chi connectivity index (χ1v) is 7.46. The van der Waals surface area contributed by atoms with Crippen molar-refractivity contribution < 1.29 is 0 Å². The summed E-state index contributed by atoms with van der Waals surface area (Å²) in [5.41, 5.74) is 3.14. The van der Waals surface area contributed by atoms with E-state index in [1.54, 1.807) is 0 Å². The summed E-state index contributed by atoms with van der Waals surface area (Å²) in [4.78, 5) is 0. The fourth-order valence-electron chi connectivity index (χ4n) is 2.92. The second-order valence-corrected chi connectivity index (χ2v) is 7.23. The topological polar surface area (TPSA) is 29.9 Å². The molecule has 1 saturated carbocycles. The summed E-state index contributed by atoms with van der Waals surface area (Å²) in [5.74, 6) is 0. The molecule has 1 aliphatic rings. The van der Waals surface area contributed by atoms with Crippen molar-refractivity contribution in [3.05, 3.63) is 15.9 Å². The van der Waals surface area contributed by atoms with E-state index in [0.29, 0.717) is 16.9 Å². The van der Waals surface area contributed by atoms with Gasteiger partial charge in [-0.15, -0.1) is 0 Å². The third-order valence-electron chi connectivity index (χ3n) is 5.00. The lowest BCUT2D eigenvalue weighted by molar-refractivity contribution is 0.457. The van der Waals surface area contributed by atoms with E-state index in [-0.39, 0.29) is 0 Å². The van der Waals surface area contributed by atoms with Gasteiger partial charge in [-0.3, -0.25) is 4.68 Å². The third kappa shape index (κ3) is 1.94. The van der Waals surface area contributed by atoms with Gasteiger partial charge < -0.3 is 5.32 Å². The molecule has 0 radical (unpaired) electrons. The van der Waals surface area contributed by atoms with E-state index in [1.165, 1.54) is 5.69 Å². The zero-order chi connectivity index (χ0) is 13.7. The summed E-state index contributed by atoms with van der Waals surface area (Å²) < 4.78 is 3.15. The number of halogens is 1. The first-order chi connectivity index (χ1) is 8.23. The molecular weight excluding hydrogens is 290 g/mol. The van der Waals surface area contributed by atoms with Crippen molar-refractivity contribution in [3.63, 3.8) is 0 Å². The molecule has 0 bridgehead atoms. The Morgan fingerprint density at radius 1 is 1.28 bits per heavy atom. The first-order valence-electron chi connectivity index (χ1n) is 6.67. The molecule has 1 N–H and O–H groups in total. The van der Waals surface area contributed by atoms with Crippen molar-refractivity contribution in [2.75, 3.05) is 0 Å². The number of aromatic nitrogens is 2. The lowest BCUT2D eigenvalue weighted by atomic mass is 10.0. The average molecular weight is 314 g/mol. The average Bonchev–Trinajstić information content (AvgIpc) is 2.52. The Bertz CT molecular complexity index is 446. The Kier molecular flexibility index (Phi) is 3.39. The van der Waals surface area contributed by atoms with E-state index in [4.69, 9.17) is 0 Å². The van der Waals surface area contributed by atoms with Crippen molar-refractivity contribution in [3.8, 4) is 0 Å². The van der Waals surface area contributed by atoms with E-state index in [1.807, 2.05) is 11.7 Å². The normalized spacial score (nSPS) is 21.3. The highest BCUT2D eigenvalue weighted by Crippen LogP contribution is 2.62. The molecule has 3 nitrogen and oxygen atoms in total. The molecule has 2 rings (SSSR count). The van der Waals surface area contributed by atoms with Gasteiger partial charge in [0.25, 0.3) is 0 Å². The molecule has 0 unspecified atom stereocenters. The van der Waals surface area contributed by atoms with Crippen LogP contribution < -0.4 is 5.32 Å². The van der Waals surface area contributed by atoms with Gasteiger partial charge in [0.05, 0.1) is 15.9 Å². The molecule has 1 aliphatic carbocycles. The maximum Gasteiger partial charge on any atom is 0.0767 e. The molecular formula is C14H24BrN3. The van der Waals surface area contributed by atoms with Crippen LogP contribution in [0.5, 0.6) is 0 Å². The highest BCUT2D eigenvalue weighted by atomic mass is 79.9. The van der Waals surface area contributed by atoms with Crippen LogP contribution in [0.2, 0.25) is 0 Å². The van der Waals surface area contributed by atoms with Crippen molar-refractivity contribution >= 4 is 15.9 Å². The molecule has 1 aromatic rings. The fraction of sp³-hybridized carbons (Fsp3) is 0.786. The van der Waals surface area contributed by atoms with Crippen LogP contribution in [0.25, 0.3) is 0 Å². The Morgan fingerprint density at radius 3 is 2.22 bits per heavy atom. The zero-order valence-electron chi connectivity index (χ0n) is 12.3. The van der Waals surface area contributed by atoms with E-state index in [0.717, 1.165) is 23.1 Å². The van der Waals surface area contributed by atoms with Gasteiger partial charge in [-0.2, -0.15) is 5.10 Å². The van der Waals surface area contributed by atoms with Gasteiger partial charge in [0.15, 0.2) is 0 Å². The Hall–Kier alpha value is -0.350. The molecule has 1 aromatic heterocycles. The number of rotatable bonds is 4. The summed E-state index contributed by atoms with van der Waals surface area (Å²) >= 11 is 3.67. The van der Waals surface area contributed by atoms with Gasteiger partial charge in [-0.05, 0) is 33.2 Å². The lowest BCUT2D eigenvalue weighted by Crippen LogP contribution is -2.23. The number of nitrogens with zero attached hydrogens (tertiary/aromatic N) is 2. The van der Waals surface area contributed by atoms with E-state index >= 15 is 0 Å². The van der Waals surface area contributed by atoms with Gasteiger partial charge in [0.2, 0.25) is 0 Å². The van der Waals surface area contributed by atoms with Crippen molar-refractivity contribution in [2.24, 2.45) is 17.9 Å². The Morgan fingerprint density at radius 2 is 1.83 bits per heavy atom. The minimum atomic E-state index is 0.381. The van der Waals surface area contributed by atoms with Crippen LogP contribution in [0.1, 0.15) is 46.0 Å². The molecule has 18 heavy (non-hydrogen) atoms. The van der Waals surface area contributed by atoms with Crippen LogP contribution in [-0.4, -0.2) is 15.8 Å². The molecule has 0 spiro atoms. The molecule has 0 aromatic carbocycles. The zero-order valence-corrected chi connectivity index (χ0v) is 13.8. The first kappa shape index (κ1) is 14.1. The largest absolute Gasteiger partial charge is 0.307 e. The predicted octanol–water partition coefficient (Wildman–Crippen LogP) is 3.27. The lowest BCUT2D eigenvalue weighted by Gasteiger charge is -2.07. The molecule has 0 atom stereocenters. The van der Waals surface area contributed by atoms with E-state index in [9.17, 15) is 0 Å². The third-order valence-corrected chi connectivity index (χ3v) is 5.91. The predicted molar refractivity (Wildman–Crippen MR) is 78.5 cm³/mol. The molecule has 1 heterocycles. The van der Waals surface area contributed by atoms with Crippen LogP contribution in [-0.2, 0) is 20.0 Å². The monoisotopic (exact) mass is 313 g/mol. The van der Waals surface area contributed by atoms with Crippen LogP contribution in [0, 0.1) is 10.8 Å². The van der Waals surface area contributed by atoms with Crippen LogP contribution in [0.15, 0.2) is 4.47 Å². The minimum absolute atomic E-state index is 0.381. The van der Waals surface area contributed by atoms with Gasteiger partial charge in [0.1, 0.15) is 0 Å². The summed E-state index contributed by atoms with van der Waals surface area (Å²) in [6.45, 7) is 12.3. The van der Waals surface area contributed by atoms with E-state index in [2.05, 4.69) is 61.0 Å². The number of hydrogen-bond donors (Lipinski definition) is 1. The van der Waals surface area contributed by atoms with Crippen LogP contribution in [0.3, 0.4) is 0 Å². The smallest absolute Gasteiger partial charge is 0.0767 e. The van der Waals surface area contributed by atoms with Crippen molar-refractivity contribution in [2.45, 2.75) is 53.6 Å². The summed E-state index contributed by atoms with van der Waals surface area (Å²) in [6.07, 6.45) is 0.967. The second-order valence-electron chi connectivity index (χ2n) is 6.44. The quantitative estimate of drug-likeness (QED) is 0.924. The highest BCUT2D eigenvalue weighted by molar-refractivity contribution is 9.10. The maximum absolute atomic E-state index is 4.53. The number of hydrogen-bond acceptors (Lipinski definition) is 2. The Labute approximate surface area is 118 Å². The van der Waals surface area contributed by atoms with Crippen molar-refractivity contribution in [1.82, 2.24) is 15.1 Å². The second kappa shape index (κ2) is 4.34. The standard InChI is InChI=1S/C14H24BrN3/c1-7-9-11(15)10(18(6)17-9)8-16-12-13(2,3)14(12,4)5/h12,16H,7-8H2,1-6H3. The van der Waals surface area contributed by atoms with Gasteiger partial charge in [-0.1, -0.05) is 34.6 Å². The summed E-state index contributed by atoms with van der Waals surface area (Å²) in [7, 11) is 2.02. The molecule has 102 valence electrons. The van der Waals surface area contributed by atoms with Crippen LogP contribution in [0.4, 0.5) is 0 Å². The molecule has 4 heteroatoms. The van der Waals surface area contributed by atoms with Crippen molar-refractivity contribution in [1.29, 1.82) is 0 Å². The maximum atomic E-state index is 4.53. The fourth-order valence-corrected chi connectivity index (χ4v) is 3.67. The van der Waals surface area contributed by atoms with Gasteiger partial charge in [-0.25, -0.2) is 0 Å². The number of nitrogens with one attached hydrogen (secondary N) is 1. The highest BCUT2D eigenvalue weighted by Gasteiger charge is 2.64.